The third-order valence-corrected chi connectivity index (χ3v) is 11.5. The van der Waals surface area contributed by atoms with Gasteiger partial charge in [0.1, 0.15) is 0 Å². The predicted octanol–water partition coefficient (Wildman–Crippen LogP) is 14.2. The normalized spacial score (nSPS) is 12.9. The van der Waals surface area contributed by atoms with E-state index in [4.69, 9.17) is 0 Å². The molecule has 0 atom stereocenters. The molecule has 0 N–H and O–H groups in total. The van der Waals surface area contributed by atoms with Gasteiger partial charge in [0, 0.05) is 38.9 Å². The van der Waals surface area contributed by atoms with Gasteiger partial charge in [-0.3, -0.25) is 0 Å². The van der Waals surface area contributed by atoms with E-state index in [0.29, 0.717) is 0 Å². The average molecular weight is 693 g/mol. The molecule has 0 unspecified atom stereocenters. The molecule has 1 heterocycles. The molecule has 54 heavy (non-hydrogen) atoms. The lowest BCUT2D eigenvalue weighted by atomic mass is 9.81. The Morgan fingerprint density at radius 3 is 1.70 bits per heavy atom. The first-order valence-electron chi connectivity index (χ1n) is 18.8. The van der Waals surface area contributed by atoms with Gasteiger partial charge in [-0.25, -0.2) is 0 Å². The number of nitrogens with zero attached hydrogens (tertiary/aromatic N) is 2. The molecule has 0 amide bonds. The van der Waals surface area contributed by atoms with Crippen LogP contribution in [0.1, 0.15) is 30.5 Å². The van der Waals surface area contributed by atoms with Gasteiger partial charge in [-0.1, -0.05) is 135 Å². The molecule has 1 aromatic heterocycles. The molecule has 0 bridgehead atoms. The first-order valence-corrected chi connectivity index (χ1v) is 18.8. The fourth-order valence-electron chi connectivity index (χ4n) is 8.69. The summed E-state index contributed by atoms with van der Waals surface area (Å²) in [6.07, 6.45) is 0. The molecule has 10 rings (SSSR count). The molecule has 2 nitrogen and oxygen atoms in total. The highest BCUT2D eigenvalue weighted by Crippen LogP contribution is 2.49. The molecular formula is C52H40N2. The van der Waals surface area contributed by atoms with E-state index in [-0.39, 0.29) is 5.41 Å². The zero-order valence-electron chi connectivity index (χ0n) is 30.8. The Kier molecular flexibility index (Phi) is 7.42. The van der Waals surface area contributed by atoms with Gasteiger partial charge in [0.15, 0.2) is 0 Å². The van der Waals surface area contributed by atoms with Crippen LogP contribution in [0.2, 0.25) is 0 Å². The quantitative estimate of drug-likeness (QED) is 0.168. The van der Waals surface area contributed by atoms with Crippen molar-refractivity contribution in [3.8, 4) is 39.1 Å². The van der Waals surface area contributed by atoms with Gasteiger partial charge in [0.05, 0.1) is 11.0 Å². The van der Waals surface area contributed by atoms with Gasteiger partial charge in [0.25, 0.3) is 0 Å². The number of aromatic nitrogens is 1. The Labute approximate surface area is 317 Å². The number of aryl methyl sites for hydroxylation is 1. The van der Waals surface area contributed by atoms with Crippen molar-refractivity contribution in [2.24, 2.45) is 0 Å². The highest BCUT2D eigenvalue weighted by atomic mass is 15.1. The fourth-order valence-corrected chi connectivity index (χ4v) is 8.69. The zero-order chi connectivity index (χ0) is 36.4. The molecule has 0 spiro atoms. The van der Waals surface area contributed by atoms with Crippen LogP contribution in [0, 0.1) is 6.92 Å². The summed E-state index contributed by atoms with van der Waals surface area (Å²) in [5.41, 5.74) is 18.5. The van der Waals surface area contributed by atoms with Gasteiger partial charge in [-0.05, 0) is 124 Å². The summed E-state index contributed by atoms with van der Waals surface area (Å²) in [6.45, 7) is 6.87. The molecule has 0 saturated carbocycles. The molecule has 8 aromatic carbocycles. The van der Waals surface area contributed by atoms with Crippen molar-refractivity contribution >= 4 is 38.9 Å². The topological polar surface area (TPSA) is 8.17 Å². The van der Waals surface area contributed by atoms with Crippen LogP contribution in [0.5, 0.6) is 0 Å². The largest absolute Gasteiger partial charge is 0.310 e. The van der Waals surface area contributed by atoms with E-state index in [1.807, 2.05) is 0 Å². The average Bonchev–Trinajstić information content (AvgIpc) is 3.66. The summed E-state index contributed by atoms with van der Waals surface area (Å²) in [7, 11) is 0. The summed E-state index contributed by atoms with van der Waals surface area (Å²) in [6, 6.07) is 68.9. The third-order valence-electron chi connectivity index (χ3n) is 11.5. The van der Waals surface area contributed by atoms with E-state index >= 15 is 0 Å². The number of hydrogen-bond donors (Lipinski definition) is 0. The standard InChI is InChI=1S/C52H40N2/c1-35-18-30-50-46(32-35)47-34-43(28-31-51(47)54(50)42-26-19-37(20-27-42)36-12-6-4-7-13-36)53(40-14-8-5-9-15-40)41-24-21-38(22-25-41)39-23-29-45-44-16-10-11-17-48(44)52(2,3)49(45)33-39/h4-34H,1-3H3. The van der Waals surface area contributed by atoms with Crippen LogP contribution in [0.4, 0.5) is 17.1 Å². The highest BCUT2D eigenvalue weighted by Gasteiger charge is 2.35. The highest BCUT2D eigenvalue weighted by molar-refractivity contribution is 6.11. The molecular weight excluding hydrogens is 653 g/mol. The second-order valence-electron chi connectivity index (χ2n) is 15.1. The number of para-hydroxylation sites is 1. The molecule has 9 aromatic rings. The van der Waals surface area contributed by atoms with E-state index in [9.17, 15) is 0 Å². The van der Waals surface area contributed by atoms with Crippen molar-refractivity contribution in [3.63, 3.8) is 0 Å². The number of rotatable bonds is 6. The van der Waals surface area contributed by atoms with Gasteiger partial charge in [-0.15, -0.1) is 0 Å². The summed E-state index contributed by atoms with van der Waals surface area (Å²) in [5, 5.41) is 2.49. The molecule has 0 radical (unpaired) electrons. The Morgan fingerprint density at radius 1 is 0.407 bits per heavy atom. The van der Waals surface area contributed by atoms with Crippen molar-refractivity contribution in [2.75, 3.05) is 4.90 Å². The maximum absolute atomic E-state index is 2.40. The maximum Gasteiger partial charge on any atom is 0.0542 e. The fraction of sp³-hybridized carbons (Fsp3) is 0.0769. The van der Waals surface area contributed by atoms with Crippen molar-refractivity contribution in [1.82, 2.24) is 4.57 Å². The lowest BCUT2D eigenvalue weighted by Gasteiger charge is -2.26. The number of benzene rings is 8. The molecule has 258 valence electrons. The summed E-state index contributed by atoms with van der Waals surface area (Å²) >= 11 is 0. The van der Waals surface area contributed by atoms with Crippen molar-refractivity contribution in [3.05, 3.63) is 205 Å². The molecule has 2 heteroatoms. The maximum atomic E-state index is 2.40. The lowest BCUT2D eigenvalue weighted by molar-refractivity contribution is 0.660. The van der Waals surface area contributed by atoms with Crippen LogP contribution in [-0.2, 0) is 5.41 Å². The van der Waals surface area contributed by atoms with E-state index in [1.165, 1.54) is 71.9 Å². The Balaban J connectivity index is 1.06. The molecule has 0 aliphatic heterocycles. The Bertz CT molecular complexity index is 2830. The van der Waals surface area contributed by atoms with Gasteiger partial charge in [-0.2, -0.15) is 0 Å². The zero-order valence-corrected chi connectivity index (χ0v) is 30.8. The lowest BCUT2D eigenvalue weighted by Crippen LogP contribution is -2.14. The third kappa shape index (κ3) is 5.17. The molecule has 0 fully saturated rings. The predicted molar refractivity (Wildman–Crippen MR) is 229 cm³/mol. The molecule has 1 aliphatic rings. The molecule has 1 aliphatic carbocycles. The van der Waals surface area contributed by atoms with Gasteiger partial charge >= 0.3 is 0 Å². The van der Waals surface area contributed by atoms with Crippen LogP contribution in [0.25, 0.3) is 60.9 Å². The second-order valence-corrected chi connectivity index (χ2v) is 15.1. The first kappa shape index (κ1) is 32.0. The Hall–Kier alpha value is -6.64. The van der Waals surface area contributed by atoms with E-state index < -0.39 is 0 Å². The second kappa shape index (κ2) is 12.5. The summed E-state index contributed by atoms with van der Waals surface area (Å²) in [5.74, 6) is 0. The van der Waals surface area contributed by atoms with E-state index in [2.05, 4.69) is 218 Å². The van der Waals surface area contributed by atoms with Crippen LogP contribution in [0.3, 0.4) is 0 Å². The SMILES string of the molecule is Cc1ccc2c(c1)c1cc(N(c3ccccc3)c3ccc(-c4ccc5c(c4)C(C)(C)c4ccccc4-5)cc3)ccc1n2-c1ccc(-c2ccccc2)cc1. The molecule has 0 saturated heterocycles. The van der Waals surface area contributed by atoms with Crippen molar-refractivity contribution in [2.45, 2.75) is 26.2 Å². The van der Waals surface area contributed by atoms with Crippen molar-refractivity contribution < 1.29 is 0 Å². The minimum atomic E-state index is -0.0299. The summed E-state index contributed by atoms with van der Waals surface area (Å²) < 4.78 is 2.40. The number of hydrogen-bond acceptors (Lipinski definition) is 1. The smallest absolute Gasteiger partial charge is 0.0542 e. The van der Waals surface area contributed by atoms with Crippen molar-refractivity contribution in [1.29, 1.82) is 0 Å². The van der Waals surface area contributed by atoms with Gasteiger partial charge < -0.3 is 9.47 Å². The van der Waals surface area contributed by atoms with Crippen LogP contribution >= 0.6 is 0 Å². The minimum Gasteiger partial charge on any atom is -0.310 e. The van der Waals surface area contributed by atoms with Gasteiger partial charge in [0.2, 0.25) is 0 Å². The van der Waals surface area contributed by atoms with E-state index in [0.717, 1.165) is 22.7 Å². The summed E-state index contributed by atoms with van der Waals surface area (Å²) in [4.78, 5) is 2.37. The van der Waals surface area contributed by atoms with Crippen LogP contribution < -0.4 is 4.90 Å². The van der Waals surface area contributed by atoms with Crippen LogP contribution in [0.15, 0.2) is 188 Å². The van der Waals surface area contributed by atoms with E-state index in [1.54, 1.807) is 0 Å². The number of fused-ring (bicyclic) bond motifs is 6. The monoisotopic (exact) mass is 692 g/mol. The minimum absolute atomic E-state index is 0.0299. The Morgan fingerprint density at radius 2 is 0.944 bits per heavy atom. The van der Waals surface area contributed by atoms with Crippen LogP contribution in [-0.4, -0.2) is 4.57 Å². The first-order chi connectivity index (χ1) is 26.4. The number of anilines is 3.